The van der Waals surface area contributed by atoms with Crippen molar-refractivity contribution in [2.45, 2.75) is 25.4 Å². The van der Waals surface area contributed by atoms with Gasteiger partial charge in [0.05, 0.1) is 5.69 Å². The molecule has 0 saturated heterocycles. The molecule has 0 fully saturated rings. The molecule has 0 radical (unpaired) electrons. The summed E-state index contributed by atoms with van der Waals surface area (Å²) in [6.45, 7) is 0.680. The van der Waals surface area contributed by atoms with Crippen molar-refractivity contribution in [3.05, 3.63) is 41.9 Å². The van der Waals surface area contributed by atoms with Crippen LogP contribution in [-0.2, 0) is 13.0 Å². The van der Waals surface area contributed by atoms with Crippen LogP contribution in [-0.4, -0.2) is 15.6 Å². The molecule has 2 aromatic rings. The zero-order valence-electron chi connectivity index (χ0n) is 9.74. The lowest BCUT2D eigenvalue weighted by Gasteiger charge is -2.19. The molecule has 5 heteroatoms. The minimum atomic E-state index is -0.464. The maximum atomic E-state index is 13.7. The molecule has 2 N–H and O–H groups in total. The number of fused-ring (bicyclic) bond motifs is 1. The first kappa shape index (κ1) is 11.3. The average Bonchev–Trinajstić information content (AvgIpc) is 2.74. The van der Waals surface area contributed by atoms with Crippen LogP contribution in [0.5, 0.6) is 0 Å². The molecule has 94 valence electrons. The number of imidazole rings is 1. The third kappa shape index (κ3) is 1.90. The molecule has 3 nitrogen and oxygen atoms in total. The van der Waals surface area contributed by atoms with Gasteiger partial charge in [0.15, 0.2) is 0 Å². The van der Waals surface area contributed by atoms with E-state index in [1.165, 1.54) is 6.07 Å². The predicted octanol–water partition coefficient (Wildman–Crippen LogP) is 2.10. The van der Waals surface area contributed by atoms with E-state index in [4.69, 9.17) is 5.73 Å². The highest BCUT2D eigenvalue weighted by Gasteiger charge is 2.19. The van der Waals surface area contributed by atoms with E-state index >= 15 is 0 Å². The molecular weight excluding hydrogens is 236 g/mol. The van der Waals surface area contributed by atoms with Gasteiger partial charge in [-0.1, -0.05) is 0 Å². The highest BCUT2D eigenvalue weighted by molar-refractivity contribution is 5.59. The van der Waals surface area contributed by atoms with Gasteiger partial charge in [0.1, 0.15) is 17.5 Å². The lowest BCUT2D eigenvalue weighted by atomic mass is 10.1. The second kappa shape index (κ2) is 4.17. The molecule has 0 bridgehead atoms. The number of nitrogens with zero attached hydrogens (tertiary/aromatic N) is 2. The van der Waals surface area contributed by atoms with Crippen molar-refractivity contribution in [3.63, 3.8) is 0 Å². The molecule has 1 aromatic heterocycles. The smallest absolute Gasteiger partial charge is 0.132 e. The van der Waals surface area contributed by atoms with Gasteiger partial charge in [-0.3, -0.25) is 0 Å². The fourth-order valence-corrected chi connectivity index (χ4v) is 2.29. The summed E-state index contributed by atoms with van der Waals surface area (Å²) in [6.07, 6.45) is 3.40. The number of hydrogen-bond acceptors (Lipinski definition) is 2. The molecule has 18 heavy (non-hydrogen) atoms. The molecular formula is C13H13F2N3. The fraction of sp³-hybridized carbons (Fsp3) is 0.308. The number of aromatic nitrogens is 2. The minimum Gasteiger partial charge on any atom is -0.333 e. The van der Waals surface area contributed by atoms with E-state index in [1.807, 2.05) is 4.57 Å². The van der Waals surface area contributed by atoms with Gasteiger partial charge in [-0.15, -0.1) is 0 Å². The number of benzene rings is 1. The number of rotatable bonds is 1. The Kier molecular flexibility index (Phi) is 2.63. The molecule has 0 aliphatic carbocycles. The summed E-state index contributed by atoms with van der Waals surface area (Å²) in [5, 5.41) is 0. The van der Waals surface area contributed by atoms with Crippen LogP contribution in [0.2, 0.25) is 0 Å². The Hall–Kier alpha value is -1.75. The van der Waals surface area contributed by atoms with E-state index in [0.717, 1.165) is 30.8 Å². The van der Waals surface area contributed by atoms with Crippen molar-refractivity contribution in [1.82, 2.24) is 9.55 Å². The second-order valence-electron chi connectivity index (χ2n) is 4.62. The number of nitrogens with two attached hydrogens (primary N) is 1. The molecule has 1 aromatic carbocycles. The van der Waals surface area contributed by atoms with Crippen LogP contribution in [0.25, 0.3) is 11.3 Å². The Morgan fingerprint density at radius 3 is 3.00 bits per heavy atom. The van der Waals surface area contributed by atoms with E-state index in [0.29, 0.717) is 12.2 Å². The average molecular weight is 249 g/mol. The van der Waals surface area contributed by atoms with Crippen molar-refractivity contribution < 1.29 is 8.78 Å². The van der Waals surface area contributed by atoms with E-state index in [-0.39, 0.29) is 11.6 Å². The third-order valence-electron chi connectivity index (χ3n) is 3.23. The van der Waals surface area contributed by atoms with Crippen molar-refractivity contribution in [1.29, 1.82) is 0 Å². The van der Waals surface area contributed by atoms with Crippen molar-refractivity contribution in [2.24, 2.45) is 5.73 Å². The Bertz CT molecular complexity index is 592. The molecule has 2 heterocycles. The van der Waals surface area contributed by atoms with Crippen LogP contribution in [0.4, 0.5) is 8.78 Å². The van der Waals surface area contributed by atoms with E-state index < -0.39 is 11.6 Å². The van der Waals surface area contributed by atoms with Crippen LogP contribution in [0.3, 0.4) is 0 Å². The van der Waals surface area contributed by atoms with E-state index in [2.05, 4.69) is 4.98 Å². The van der Waals surface area contributed by atoms with Gasteiger partial charge in [-0.05, 0) is 24.6 Å². The zero-order valence-corrected chi connectivity index (χ0v) is 9.74. The lowest BCUT2D eigenvalue weighted by molar-refractivity contribution is 0.453. The van der Waals surface area contributed by atoms with Gasteiger partial charge < -0.3 is 10.3 Å². The summed E-state index contributed by atoms with van der Waals surface area (Å²) in [6, 6.07) is 3.50. The second-order valence-corrected chi connectivity index (χ2v) is 4.62. The van der Waals surface area contributed by atoms with Crippen molar-refractivity contribution in [3.8, 4) is 11.3 Å². The fourth-order valence-electron chi connectivity index (χ4n) is 2.29. The molecule has 0 spiro atoms. The highest BCUT2D eigenvalue weighted by Crippen LogP contribution is 2.25. The van der Waals surface area contributed by atoms with Crippen molar-refractivity contribution in [2.75, 3.05) is 0 Å². The summed E-state index contributed by atoms with van der Waals surface area (Å²) < 4.78 is 28.7. The molecule has 1 unspecified atom stereocenters. The van der Waals surface area contributed by atoms with Gasteiger partial charge in [0.2, 0.25) is 0 Å². The minimum absolute atomic E-state index is 0.108. The Balaban J connectivity index is 2.05. The summed E-state index contributed by atoms with van der Waals surface area (Å²) in [5.41, 5.74) is 6.54. The van der Waals surface area contributed by atoms with Crippen LogP contribution >= 0.6 is 0 Å². The van der Waals surface area contributed by atoms with Gasteiger partial charge in [0.25, 0.3) is 0 Å². The largest absolute Gasteiger partial charge is 0.333 e. The first-order valence-corrected chi connectivity index (χ1v) is 5.90. The normalized spacial score (nSPS) is 18.7. The van der Waals surface area contributed by atoms with Gasteiger partial charge in [-0.2, -0.15) is 0 Å². The maximum Gasteiger partial charge on any atom is 0.132 e. The monoisotopic (exact) mass is 249 g/mol. The lowest BCUT2D eigenvalue weighted by Crippen LogP contribution is -2.31. The van der Waals surface area contributed by atoms with Crippen LogP contribution in [0, 0.1) is 11.6 Å². The summed E-state index contributed by atoms with van der Waals surface area (Å²) in [4.78, 5) is 4.36. The standard InChI is InChI=1S/C13H13F2N3/c14-8-1-3-11(15)10(5-8)12-7-18-6-9(16)2-4-13(18)17-12/h1,3,5,7,9H,2,4,6,16H2. The van der Waals surface area contributed by atoms with Crippen LogP contribution < -0.4 is 5.73 Å². The van der Waals surface area contributed by atoms with Gasteiger partial charge >= 0.3 is 0 Å². The molecule has 1 atom stereocenters. The summed E-state index contributed by atoms with van der Waals surface area (Å²) in [7, 11) is 0. The van der Waals surface area contributed by atoms with Gasteiger partial charge in [-0.25, -0.2) is 13.8 Å². The Labute approximate surface area is 103 Å². The quantitative estimate of drug-likeness (QED) is 0.841. The van der Waals surface area contributed by atoms with E-state index in [9.17, 15) is 8.78 Å². The maximum absolute atomic E-state index is 13.7. The van der Waals surface area contributed by atoms with Crippen LogP contribution in [0.15, 0.2) is 24.4 Å². The molecule has 0 amide bonds. The summed E-state index contributed by atoms with van der Waals surface area (Å²) in [5.74, 6) is -0.0411. The summed E-state index contributed by atoms with van der Waals surface area (Å²) >= 11 is 0. The Morgan fingerprint density at radius 1 is 1.33 bits per heavy atom. The molecule has 3 rings (SSSR count). The highest BCUT2D eigenvalue weighted by atomic mass is 19.1. The SMILES string of the molecule is NC1CCc2nc(-c3cc(F)ccc3F)cn2C1. The topological polar surface area (TPSA) is 43.8 Å². The Morgan fingerprint density at radius 2 is 2.17 bits per heavy atom. The molecule has 1 aliphatic heterocycles. The molecule has 0 saturated carbocycles. The van der Waals surface area contributed by atoms with E-state index in [1.54, 1.807) is 6.20 Å². The third-order valence-corrected chi connectivity index (χ3v) is 3.23. The van der Waals surface area contributed by atoms with Crippen molar-refractivity contribution >= 4 is 0 Å². The zero-order chi connectivity index (χ0) is 12.7. The first-order valence-electron chi connectivity index (χ1n) is 5.90. The predicted molar refractivity (Wildman–Crippen MR) is 63.9 cm³/mol. The van der Waals surface area contributed by atoms with Crippen LogP contribution in [0.1, 0.15) is 12.2 Å². The number of aryl methyl sites for hydroxylation is 1. The number of hydrogen-bond donors (Lipinski definition) is 1. The molecule has 1 aliphatic rings. The van der Waals surface area contributed by atoms with Gasteiger partial charge in [0, 0.05) is 30.8 Å². The number of halogens is 2. The first-order chi connectivity index (χ1) is 8.63.